The van der Waals surface area contributed by atoms with E-state index in [4.69, 9.17) is 22.7 Å². The van der Waals surface area contributed by atoms with Crippen LogP contribution in [0.25, 0.3) is 0 Å². The second-order valence-corrected chi connectivity index (χ2v) is 4.45. The first-order valence-electron chi connectivity index (χ1n) is 6.12. The maximum Gasteiger partial charge on any atom is 0.137 e. The molecule has 17 heavy (non-hydrogen) atoms. The number of hydrogen-bond donors (Lipinski definition) is 1. The molecule has 3 nitrogen and oxygen atoms in total. The third-order valence-electron chi connectivity index (χ3n) is 2.51. The third-order valence-corrected chi connectivity index (χ3v) is 2.71. The molecule has 4 heteroatoms. The van der Waals surface area contributed by atoms with Crippen molar-refractivity contribution in [2.24, 2.45) is 5.73 Å². The molecule has 1 aromatic rings. The average Bonchev–Trinajstić information content (AvgIpc) is 2.34. The number of hydrogen-bond acceptors (Lipinski definition) is 3. The Labute approximate surface area is 108 Å². The van der Waals surface area contributed by atoms with Crippen LogP contribution in [0.1, 0.15) is 44.7 Å². The zero-order chi connectivity index (χ0) is 12.5. The molecule has 0 bridgehead atoms. The molecule has 0 spiro atoms. The SMILES string of the molecule is CCCCCCCOc1ccc(C(N)=S)nc1. The lowest BCUT2D eigenvalue weighted by atomic mass is 10.2. The highest BCUT2D eigenvalue weighted by Crippen LogP contribution is 2.10. The fourth-order valence-corrected chi connectivity index (χ4v) is 1.63. The predicted octanol–water partition coefficient (Wildman–Crippen LogP) is 3.07. The van der Waals surface area contributed by atoms with Gasteiger partial charge in [0, 0.05) is 0 Å². The molecular weight excluding hydrogens is 232 g/mol. The van der Waals surface area contributed by atoms with Crippen LogP contribution in [0, 0.1) is 0 Å². The van der Waals surface area contributed by atoms with E-state index in [1.165, 1.54) is 25.7 Å². The number of nitrogens with two attached hydrogens (primary N) is 1. The van der Waals surface area contributed by atoms with Gasteiger partial charge in [-0.2, -0.15) is 0 Å². The molecule has 2 N–H and O–H groups in total. The highest BCUT2D eigenvalue weighted by Gasteiger charge is 1.99. The minimum Gasteiger partial charge on any atom is -0.492 e. The summed E-state index contributed by atoms with van der Waals surface area (Å²) in [6.45, 7) is 2.96. The molecule has 0 atom stereocenters. The fourth-order valence-electron chi connectivity index (χ4n) is 1.51. The molecule has 0 saturated heterocycles. The molecule has 1 heterocycles. The Hall–Kier alpha value is -1.16. The number of rotatable bonds is 8. The molecule has 0 unspecified atom stereocenters. The number of pyridine rings is 1. The van der Waals surface area contributed by atoms with Crippen LogP contribution in [0.5, 0.6) is 5.75 Å². The van der Waals surface area contributed by atoms with Gasteiger partial charge in [0.15, 0.2) is 0 Å². The summed E-state index contributed by atoms with van der Waals surface area (Å²) in [5.41, 5.74) is 6.09. The number of unbranched alkanes of at least 4 members (excludes halogenated alkanes) is 4. The Balaban J connectivity index is 2.21. The van der Waals surface area contributed by atoms with Crippen LogP contribution in [-0.2, 0) is 0 Å². The van der Waals surface area contributed by atoms with Crippen molar-refractivity contribution < 1.29 is 4.74 Å². The van der Waals surface area contributed by atoms with Gasteiger partial charge in [-0.1, -0.05) is 44.8 Å². The van der Waals surface area contributed by atoms with E-state index in [9.17, 15) is 0 Å². The lowest BCUT2D eigenvalue weighted by molar-refractivity contribution is 0.303. The van der Waals surface area contributed by atoms with Crippen molar-refractivity contribution in [1.82, 2.24) is 4.98 Å². The summed E-state index contributed by atoms with van der Waals surface area (Å²) in [5.74, 6) is 0.778. The van der Waals surface area contributed by atoms with Gasteiger partial charge in [-0.15, -0.1) is 0 Å². The van der Waals surface area contributed by atoms with Crippen LogP contribution in [0.2, 0.25) is 0 Å². The zero-order valence-electron chi connectivity index (χ0n) is 10.3. The summed E-state index contributed by atoms with van der Waals surface area (Å²) < 4.78 is 5.57. The lowest BCUT2D eigenvalue weighted by Crippen LogP contribution is -2.11. The molecular formula is C13H20N2OS. The van der Waals surface area contributed by atoms with Gasteiger partial charge in [0.2, 0.25) is 0 Å². The maximum atomic E-state index is 5.57. The van der Waals surface area contributed by atoms with Crippen LogP contribution in [-0.4, -0.2) is 16.6 Å². The summed E-state index contributed by atoms with van der Waals surface area (Å²) in [6, 6.07) is 3.64. The second-order valence-electron chi connectivity index (χ2n) is 4.01. The monoisotopic (exact) mass is 252 g/mol. The molecule has 0 fully saturated rings. The Bertz CT molecular complexity index is 338. The minimum atomic E-state index is 0.316. The molecule has 0 aliphatic carbocycles. The number of nitrogens with zero attached hydrogens (tertiary/aromatic N) is 1. The van der Waals surface area contributed by atoms with Crippen molar-refractivity contribution in [3.63, 3.8) is 0 Å². The van der Waals surface area contributed by atoms with Gasteiger partial charge in [-0.05, 0) is 18.6 Å². The molecule has 0 radical (unpaired) electrons. The van der Waals surface area contributed by atoms with Crippen LogP contribution in [0.3, 0.4) is 0 Å². The van der Waals surface area contributed by atoms with Gasteiger partial charge in [0.1, 0.15) is 10.7 Å². The topological polar surface area (TPSA) is 48.1 Å². The first kappa shape index (κ1) is 13.9. The quantitative estimate of drug-likeness (QED) is 0.570. The molecule has 94 valence electrons. The largest absolute Gasteiger partial charge is 0.492 e. The highest BCUT2D eigenvalue weighted by molar-refractivity contribution is 7.80. The van der Waals surface area contributed by atoms with E-state index >= 15 is 0 Å². The van der Waals surface area contributed by atoms with Crippen molar-refractivity contribution in [3.8, 4) is 5.75 Å². The van der Waals surface area contributed by atoms with Gasteiger partial charge < -0.3 is 10.5 Å². The van der Waals surface area contributed by atoms with Crippen LogP contribution >= 0.6 is 12.2 Å². The molecule has 0 aliphatic heterocycles. The van der Waals surface area contributed by atoms with E-state index in [1.54, 1.807) is 12.3 Å². The van der Waals surface area contributed by atoms with E-state index in [0.29, 0.717) is 10.7 Å². The lowest BCUT2D eigenvalue weighted by Gasteiger charge is -2.06. The van der Waals surface area contributed by atoms with Crippen molar-refractivity contribution >= 4 is 17.2 Å². The Morgan fingerprint density at radius 2 is 2.06 bits per heavy atom. The second kappa shape index (κ2) is 8.01. The number of thiocarbonyl (C=S) groups is 1. The Morgan fingerprint density at radius 1 is 1.29 bits per heavy atom. The normalized spacial score (nSPS) is 10.2. The number of aromatic nitrogens is 1. The predicted molar refractivity (Wildman–Crippen MR) is 74.4 cm³/mol. The molecule has 0 amide bonds. The molecule has 0 aliphatic rings. The number of ether oxygens (including phenoxy) is 1. The molecule has 1 aromatic heterocycles. The maximum absolute atomic E-state index is 5.57. The third kappa shape index (κ3) is 5.63. The standard InChI is InChI=1S/C13H20N2OS/c1-2-3-4-5-6-9-16-11-7-8-12(13(14)17)15-10-11/h7-8,10H,2-6,9H2,1H3,(H2,14,17). The van der Waals surface area contributed by atoms with Crippen molar-refractivity contribution in [1.29, 1.82) is 0 Å². The van der Waals surface area contributed by atoms with E-state index in [2.05, 4.69) is 11.9 Å². The summed E-state index contributed by atoms with van der Waals surface area (Å²) in [5, 5.41) is 0. The van der Waals surface area contributed by atoms with Crippen LogP contribution in [0.15, 0.2) is 18.3 Å². The zero-order valence-corrected chi connectivity index (χ0v) is 11.1. The minimum absolute atomic E-state index is 0.316. The molecule has 1 rings (SSSR count). The summed E-state index contributed by atoms with van der Waals surface area (Å²) >= 11 is 4.83. The highest BCUT2D eigenvalue weighted by atomic mass is 32.1. The fraction of sp³-hybridized carbons (Fsp3) is 0.538. The average molecular weight is 252 g/mol. The van der Waals surface area contributed by atoms with Gasteiger partial charge in [-0.25, -0.2) is 4.98 Å². The summed E-state index contributed by atoms with van der Waals surface area (Å²) in [6.07, 6.45) is 7.86. The van der Waals surface area contributed by atoms with Crippen LogP contribution < -0.4 is 10.5 Å². The van der Waals surface area contributed by atoms with Crippen molar-refractivity contribution in [2.75, 3.05) is 6.61 Å². The van der Waals surface area contributed by atoms with E-state index in [-0.39, 0.29) is 0 Å². The first-order chi connectivity index (χ1) is 8.24. The Kier molecular flexibility index (Phi) is 6.55. The summed E-state index contributed by atoms with van der Waals surface area (Å²) in [4.78, 5) is 4.43. The van der Waals surface area contributed by atoms with Gasteiger partial charge in [0.05, 0.1) is 18.5 Å². The van der Waals surface area contributed by atoms with Crippen molar-refractivity contribution in [2.45, 2.75) is 39.0 Å². The Morgan fingerprint density at radius 3 is 2.65 bits per heavy atom. The van der Waals surface area contributed by atoms with Gasteiger partial charge >= 0.3 is 0 Å². The molecule has 0 aromatic carbocycles. The molecule has 0 saturated carbocycles. The van der Waals surface area contributed by atoms with E-state index in [1.807, 2.05) is 6.07 Å². The van der Waals surface area contributed by atoms with Crippen LogP contribution in [0.4, 0.5) is 0 Å². The summed E-state index contributed by atoms with van der Waals surface area (Å²) in [7, 11) is 0. The van der Waals surface area contributed by atoms with E-state index < -0.39 is 0 Å². The van der Waals surface area contributed by atoms with Gasteiger partial charge in [-0.3, -0.25) is 0 Å². The van der Waals surface area contributed by atoms with Gasteiger partial charge in [0.25, 0.3) is 0 Å². The smallest absolute Gasteiger partial charge is 0.137 e. The van der Waals surface area contributed by atoms with E-state index in [0.717, 1.165) is 18.8 Å². The first-order valence-corrected chi connectivity index (χ1v) is 6.53. The van der Waals surface area contributed by atoms with Crippen molar-refractivity contribution in [3.05, 3.63) is 24.0 Å².